The monoisotopic (exact) mass is 514 g/mol. The average molecular weight is 515 g/mol. The molecule has 3 rings (SSSR count). The topological polar surface area (TPSA) is 120 Å². The molecule has 1 N–H and O–H groups in total. The Hall–Kier alpha value is -3.99. The quantitative estimate of drug-likeness (QED) is 0.353. The second-order valence-electron chi connectivity index (χ2n) is 7.25. The van der Waals surface area contributed by atoms with Crippen molar-refractivity contribution in [2.75, 3.05) is 38.8 Å². The molecular weight excluding hydrogens is 488 g/mol. The predicted octanol–water partition coefficient (Wildman–Crippen LogP) is 3.71. The number of imide groups is 1. The van der Waals surface area contributed by atoms with E-state index in [4.69, 9.17) is 18.9 Å². The maximum Gasteiger partial charge on any atom is 0.326 e. The van der Waals surface area contributed by atoms with Gasteiger partial charge >= 0.3 is 5.97 Å². The van der Waals surface area contributed by atoms with Crippen LogP contribution in [0.4, 0.5) is 10.5 Å². The van der Waals surface area contributed by atoms with Crippen LogP contribution < -0.4 is 19.5 Å². The highest BCUT2D eigenvalue weighted by Crippen LogP contribution is 2.34. The number of amides is 3. The number of carbonyl (C=O) groups is 4. The number of para-hydroxylation sites is 2. The summed E-state index contributed by atoms with van der Waals surface area (Å²) in [4.78, 5) is 49.8. The highest BCUT2D eigenvalue weighted by Gasteiger charge is 2.36. The fraction of sp³-hybridized carbons (Fsp3) is 0.280. The second-order valence-corrected chi connectivity index (χ2v) is 8.24. The Balaban J connectivity index is 1.66. The number of esters is 1. The third kappa shape index (κ3) is 6.79. The van der Waals surface area contributed by atoms with Gasteiger partial charge in [-0.05, 0) is 61.5 Å². The lowest BCUT2D eigenvalue weighted by Crippen LogP contribution is -2.34. The lowest BCUT2D eigenvalue weighted by atomic mass is 10.2. The van der Waals surface area contributed by atoms with Crippen LogP contribution in [0.25, 0.3) is 6.08 Å². The highest BCUT2D eigenvalue weighted by atomic mass is 32.2. The van der Waals surface area contributed by atoms with Crippen LogP contribution in [0, 0.1) is 0 Å². The van der Waals surface area contributed by atoms with Crippen molar-refractivity contribution in [2.45, 2.75) is 13.8 Å². The molecule has 0 radical (unpaired) electrons. The van der Waals surface area contributed by atoms with E-state index in [-0.39, 0.29) is 24.0 Å². The molecule has 0 bridgehead atoms. The largest absolute Gasteiger partial charge is 0.493 e. The van der Waals surface area contributed by atoms with Crippen LogP contribution in [-0.2, 0) is 19.1 Å². The van der Waals surface area contributed by atoms with E-state index < -0.39 is 23.7 Å². The van der Waals surface area contributed by atoms with E-state index in [2.05, 4.69) is 5.32 Å². The zero-order valence-corrected chi connectivity index (χ0v) is 20.9. The number of hydrogen-bond acceptors (Lipinski definition) is 9. The van der Waals surface area contributed by atoms with Crippen molar-refractivity contribution in [3.63, 3.8) is 0 Å². The lowest BCUT2D eigenvalue weighted by molar-refractivity contribution is -0.146. The fourth-order valence-corrected chi connectivity index (χ4v) is 4.04. The number of methoxy groups -OCH3 is 1. The molecular formula is C25H26N2O8S. The van der Waals surface area contributed by atoms with Crippen LogP contribution in [0.1, 0.15) is 19.4 Å². The van der Waals surface area contributed by atoms with Crippen LogP contribution in [0.2, 0.25) is 0 Å². The van der Waals surface area contributed by atoms with Gasteiger partial charge in [-0.2, -0.15) is 0 Å². The SMILES string of the molecule is CCOC(=O)CN1C(=O)S/C(=C/c2ccc(OCC(=O)Nc3ccccc3OCC)c(OC)c2)C1=O. The molecule has 0 atom stereocenters. The van der Waals surface area contributed by atoms with Crippen molar-refractivity contribution in [3.8, 4) is 17.2 Å². The molecule has 10 nitrogen and oxygen atoms in total. The smallest absolute Gasteiger partial charge is 0.326 e. The predicted molar refractivity (Wildman–Crippen MR) is 134 cm³/mol. The Morgan fingerprint density at radius 1 is 1.00 bits per heavy atom. The van der Waals surface area contributed by atoms with Gasteiger partial charge in [0, 0.05) is 0 Å². The summed E-state index contributed by atoms with van der Waals surface area (Å²) in [7, 11) is 1.44. The molecule has 1 aliphatic rings. The molecule has 0 unspecified atom stereocenters. The van der Waals surface area contributed by atoms with E-state index in [1.807, 2.05) is 13.0 Å². The van der Waals surface area contributed by atoms with Gasteiger partial charge in [0.05, 0.1) is 30.9 Å². The minimum absolute atomic E-state index is 0.154. The third-order valence-electron chi connectivity index (χ3n) is 4.77. The van der Waals surface area contributed by atoms with Crippen LogP contribution in [0.5, 0.6) is 17.2 Å². The van der Waals surface area contributed by atoms with E-state index >= 15 is 0 Å². The Bertz CT molecular complexity index is 1180. The van der Waals surface area contributed by atoms with Crippen molar-refractivity contribution in [2.24, 2.45) is 0 Å². The zero-order chi connectivity index (χ0) is 26.1. The molecule has 11 heteroatoms. The maximum atomic E-state index is 12.6. The number of thioether (sulfide) groups is 1. The van der Waals surface area contributed by atoms with Crippen molar-refractivity contribution in [3.05, 3.63) is 52.9 Å². The van der Waals surface area contributed by atoms with E-state index in [9.17, 15) is 19.2 Å². The first-order valence-electron chi connectivity index (χ1n) is 11.1. The summed E-state index contributed by atoms with van der Waals surface area (Å²) < 4.78 is 21.3. The Labute approximate surface area is 212 Å². The molecule has 3 amide bonds. The molecule has 0 aromatic heterocycles. The third-order valence-corrected chi connectivity index (χ3v) is 5.68. The van der Waals surface area contributed by atoms with Crippen molar-refractivity contribution >= 4 is 46.5 Å². The molecule has 1 aliphatic heterocycles. The molecule has 190 valence electrons. The normalized spacial score (nSPS) is 14.1. The van der Waals surface area contributed by atoms with Gasteiger partial charge in [0.1, 0.15) is 12.3 Å². The number of carbonyl (C=O) groups excluding carboxylic acids is 4. The van der Waals surface area contributed by atoms with Gasteiger partial charge in [-0.15, -0.1) is 0 Å². The summed E-state index contributed by atoms with van der Waals surface area (Å²) >= 11 is 0.729. The average Bonchev–Trinajstić information content (AvgIpc) is 3.11. The number of rotatable bonds is 11. The number of nitrogens with zero attached hydrogens (tertiary/aromatic N) is 1. The minimum atomic E-state index is -0.658. The summed E-state index contributed by atoms with van der Waals surface area (Å²) in [6.07, 6.45) is 1.51. The van der Waals surface area contributed by atoms with Crippen molar-refractivity contribution in [1.82, 2.24) is 4.90 Å². The number of hydrogen-bond donors (Lipinski definition) is 1. The molecule has 2 aromatic rings. The Morgan fingerprint density at radius 2 is 1.78 bits per heavy atom. The van der Waals surface area contributed by atoms with Crippen molar-refractivity contribution < 1.29 is 38.1 Å². The standard InChI is InChI=1S/C25H26N2O8S/c1-4-33-18-9-7-6-8-17(18)26-22(28)15-35-19-11-10-16(12-20(19)32-3)13-21-24(30)27(25(31)36-21)14-23(29)34-5-2/h6-13H,4-5,14-15H2,1-3H3,(H,26,28)/b21-13+. The fourth-order valence-electron chi connectivity index (χ4n) is 3.20. The van der Waals surface area contributed by atoms with E-state index in [1.54, 1.807) is 43.3 Å². The lowest BCUT2D eigenvalue weighted by Gasteiger charge is -2.13. The summed E-state index contributed by atoms with van der Waals surface area (Å²) in [5.41, 5.74) is 1.10. The van der Waals surface area contributed by atoms with Crippen LogP contribution >= 0.6 is 11.8 Å². The summed E-state index contributed by atoms with van der Waals surface area (Å²) in [6.45, 7) is 3.39. The first kappa shape index (κ1) is 26.6. The molecule has 1 heterocycles. The van der Waals surface area contributed by atoms with Gasteiger partial charge in [0.15, 0.2) is 18.1 Å². The second kappa shape index (κ2) is 12.6. The Kier molecular flexibility index (Phi) is 9.34. The van der Waals surface area contributed by atoms with Gasteiger partial charge in [0.25, 0.3) is 17.1 Å². The van der Waals surface area contributed by atoms with Gasteiger partial charge in [0.2, 0.25) is 0 Å². The summed E-state index contributed by atoms with van der Waals surface area (Å²) in [5.74, 6) is -0.420. The maximum absolute atomic E-state index is 12.6. The number of ether oxygens (including phenoxy) is 4. The Morgan fingerprint density at radius 3 is 2.50 bits per heavy atom. The van der Waals surface area contributed by atoms with E-state index in [1.165, 1.54) is 13.2 Å². The van der Waals surface area contributed by atoms with E-state index in [0.29, 0.717) is 35.1 Å². The van der Waals surface area contributed by atoms with Crippen LogP contribution in [0.15, 0.2) is 47.4 Å². The van der Waals surface area contributed by atoms with Gasteiger partial charge in [-0.1, -0.05) is 18.2 Å². The summed E-state index contributed by atoms with van der Waals surface area (Å²) in [5, 5.41) is 2.20. The molecule has 0 saturated carbocycles. The highest BCUT2D eigenvalue weighted by molar-refractivity contribution is 8.18. The molecule has 0 aliphatic carbocycles. The van der Waals surface area contributed by atoms with E-state index in [0.717, 1.165) is 16.7 Å². The first-order valence-corrected chi connectivity index (χ1v) is 11.9. The van der Waals surface area contributed by atoms with Gasteiger partial charge in [-0.25, -0.2) is 0 Å². The molecule has 2 aromatic carbocycles. The molecule has 1 saturated heterocycles. The summed E-state index contributed by atoms with van der Waals surface area (Å²) in [6, 6.07) is 11.9. The molecule has 0 spiro atoms. The first-order chi connectivity index (χ1) is 17.4. The van der Waals surface area contributed by atoms with Crippen molar-refractivity contribution in [1.29, 1.82) is 0 Å². The van der Waals surface area contributed by atoms with Crippen LogP contribution in [0.3, 0.4) is 0 Å². The number of benzene rings is 2. The molecule has 36 heavy (non-hydrogen) atoms. The minimum Gasteiger partial charge on any atom is -0.493 e. The zero-order valence-electron chi connectivity index (χ0n) is 20.1. The van der Waals surface area contributed by atoms with Crippen LogP contribution in [-0.4, -0.2) is 61.4 Å². The van der Waals surface area contributed by atoms with Gasteiger partial charge in [-0.3, -0.25) is 24.1 Å². The number of anilines is 1. The van der Waals surface area contributed by atoms with Gasteiger partial charge < -0.3 is 24.3 Å². The molecule has 1 fully saturated rings. The number of nitrogens with one attached hydrogen (secondary N) is 1.